The lowest BCUT2D eigenvalue weighted by molar-refractivity contribution is -0.130. The highest BCUT2D eigenvalue weighted by Crippen LogP contribution is 2.16. The van der Waals surface area contributed by atoms with Crippen LogP contribution in [0.15, 0.2) is 47.7 Å². The molecule has 9 nitrogen and oxygen atoms in total. The largest absolute Gasteiger partial charge is 0.347 e. The average molecular weight is 412 g/mol. The molecule has 1 aromatic carbocycles. The van der Waals surface area contributed by atoms with Crippen LogP contribution in [0.5, 0.6) is 0 Å². The van der Waals surface area contributed by atoms with Crippen molar-refractivity contribution in [2.45, 2.75) is 13.5 Å². The highest BCUT2D eigenvalue weighted by Gasteiger charge is 2.28. The molecule has 0 saturated carbocycles. The molecular weight excluding hydrogens is 382 g/mol. The van der Waals surface area contributed by atoms with Gasteiger partial charge in [-0.05, 0) is 12.5 Å². The number of likely N-dealkylation sites (N-methyl/N-ethyl adjacent to an activating group) is 1. The first-order valence-corrected chi connectivity index (χ1v) is 10.1. The second kappa shape index (κ2) is 9.91. The Morgan fingerprint density at radius 1 is 1.27 bits per heavy atom. The van der Waals surface area contributed by atoms with Crippen molar-refractivity contribution >= 4 is 23.5 Å². The van der Waals surface area contributed by atoms with E-state index in [0.29, 0.717) is 32.1 Å². The van der Waals surface area contributed by atoms with Crippen molar-refractivity contribution < 1.29 is 9.59 Å². The molecule has 9 heteroatoms. The Labute approximate surface area is 177 Å². The Morgan fingerprint density at radius 2 is 2.03 bits per heavy atom. The van der Waals surface area contributed by atoms with E-state index in [1.165, 1.54) is 0 Å². The minimum atomic E-state index is -0.0252. The molecule has 1 aliphatic heterocycles. The Bertz CT molecular complexity index is 894. The van der Waals surface area contributed by atoms with Crippen molar-refractivity contribution in [2.75, 3.05) is 44.7 Å². The number of rotatable bonds is 6. The number of hydrogen-bond donors (Lipinski definition) is 1. The van der Waals surface area contributed by atoms with Crippen molar-refractivity contribution in [3.05, 3.63) is 48.3 Å². The molecule has 2 aromatic rings. The molecule has 1 saturated heterocycles. The number of benzene rings is 1. The summed E-state index contributed by atoms with van der Waals surface area (Å²) in [7, 11) is 3.48. The summed E-state index contributed by atoms with van der Waals surface area (Å²) in [5.41, 5.74) is 1.88. The summed E-state index contributed by atoms with van der Waals surface area (Å²) >= 11 is 0. The SMILES string of the molecule is CCN(Cc1ccccc1)C(=O)CNC(=NC)N1CCN(c2cnn(C)c2)C(=O)C1. The van der Waals surface area contributed by atoms with Gasteiger partial charge < -0.3 is 20.0 Å². The number of aryl methyl sites for hydroxylation is 1. The third-order valence-electron chi connectivity index (χ3n) is 5.08. The molecule has 30 heavy (non-hydrogen) atoms. The topological polar surface area (TPSA) is 86.1 Å². The maximum absolute atomic E-state index is 12.7. The predicted octanol–water partition coefficient (Wildman–Crippen LogP) is 0.693. The van der Waals surface area contributed by atoms with Crippen LogP contribution >= 0.6 is 0 Å². The van der Waals surface area contributed by atoms with Gasteiger partial charge in [-0.1, -0.05) is 30.3 Å². The third kappa shape index (κ3) is 5.16. The van der Waals surface area contributed by atoms with E-state index in [1.54, 1.807) is 27.7 Å². The van der Waals surface area contributed by atoms with Crippen LogP contribution in [0.1, 0.15) is 12.5 Å². The van der Waals surface area contributed by atoms with Gasteiger partial charge in [0.2, 0.25) is 11.8 Å². The van der Waals surface area contributed by atoms with Crippen molar-refractivity contribution in [3.63, 3.8) is 0 Å². The first-order chi connectivity index (χ1) is 14.5. The van der Waals surface area contributed by atoms with E-state index in [2.05, 4.69) is 15.4 Å². The van der Waals surface area contributed by atoms with Gasteiger partial charge in [0.15, 0.2) is 5.96 Å². The molecule has 0 spiro atoms. The summed E-state index contributed by atoms with van der Waals surface area (Å²) in [5, 5.41) is 7.25. The van der Waals surface area contributed by atoms with Crippen molar-refractivity contribution in [2.24, 2.45) is 12.0 Å². The van der Waals surface area contributed by atoms with Gasteiger partial charge >= 0.3 is 0 Å². The van der Waals surface area contributed by atoms with Crippen LogP contribution in [-0.4, -0.2) is 77.1 Å². The Balaban J connectivity index is 1.54. The zero-order valence-electron chi connectivity index (χ0n) is 17.8. The van der Waals surface area contributed by atoms with E-state index in [4.69, 9.17) is 0 Å². The second-order valence-electron chi connectivity index (χ2n) is 7.13. The number of aliphatic imine (C=N–C) groups is 1. The standard InChI is InChI=1S/C21H29N7O2/c1-4-26(14-17-8-6-5-7-9-17)19(29)13-23-21(22-2)27-10-11-28(20(30)16-27)18-12-24-25(3)15-18/h5-9,12,15H,4,10-11,13-14,16H2,1-3H3,(H,22,23). The fraction of sp³-hybridized carbons (Fsp3) is 0.429. The third-order valence-corrected chi connectivity index (χ3v) is 5.08. The molecule has 160 valence electrons. The van der Waals surface area contributed by atoms with Crippen molar-refractivity contribution in [1.29, 1.82) is 0 Å². The predicted molar refractivity (Wildman–Crippen MR) is 116 cm³/mol. The highest BCUT2D eigenvalue weighted by molar-refractivity contribution is 5.98. The number of piperazine rings is 1. The van der Waals surface area contributed by atoms with E-state index in [9.17, 15) is 9.59 Å². The van der Waals surface area contributed by atoms with Gasteiger partial charge in [0.25, 0.3) is 0 Å². The van der Waals surface area contributed by atoms with E-state index >= 15 is 0 Å². The Morgan fingerprint density at radius 3 is 2.63 bits per heavy atom. The molecule has 1 fully saturated rings. The molecule has 2 amide bonds. The second-order valence-corrected chi connectivity index (χ2v) is 7.13. The number of amides is 2. The lowest BCUT2D eigenvalue weighted by atomic mass is 10.2. The molecule has 1 N–H and O–H groups in total. The molecule has 1 aromatic heterocycles. The number of aromatic nitrogens is 2. The van der Waals surface area contributed by atoms with Crippen LogP contribution in [0.25, 0.3) is 0 Å². The summed E-state index contributed by atoms with van der Waals surface area (Å²) in [6.45, 7) is 4.64. The fourth-order valence-corrected chi connectivity index (χ4v) is 3.45. The van der Waals surface area contributed by atoms with E-state index in [-0.39, 0.29) is 24.9 Å². The molecule has 2 heterocycles. The number of carbonyl (C=O) groups is 2. The van der Waals surface area contributed by atoms with Crippen LogP contribution in [-0.2, 0) is 23.2 Å². The number of nitrogens with one attached hydrogen (secondary N) is 1. The zero-order valence-corrected chi connectivity index (χ0v) is 17.8. The number of anilines is 1. The molecular formula is C21H29N7O2. The minimum Gasteiger partial charge on any atom is -0.347 e. The average Bonchev–Trinajstić information content (AvgIpc) is 3.19. The van der Waals surface area contributed by atoms with Gasteiger partial charge in [0, 0.05) is 46.5 Å². The van der Waals surface area contributed by atoms with E-state index < -0.39 is 0 Å². The molecule has 0 aliphatic carbocycles. The molecule has 0 unspecified atom stereocenters. The molecule has 0 radical (unpaired) electrons. The van der Waals surface area contributed by atoms with Crippen LogP contribution in [0.3, 0.4) is 0 Å². The van der Waals surface area contributed by atoms with E-state index in [0.717, 1.165) is 11.3 Å². The quantitative estimate of drug-likeness (QED) is 0.558. The van der Waals surface area contributed by atoms with Gasteiger partial charge in [0.1, 0.15) is 6.54 Å². The summed E-state index contributed by atoms with van der Waals surface area (Å²) in [4.78, 5) is 35.0. The van der Waals surface area contributed by atoms with Crippen molar-refractivity contribution in [3.8, 4) is 0 Å². The monoisotopic (exact) mass is 411 g/mol. The molecule has 1 aliphatic rings. The molecule has 0 atom stereocenters. The van der Waals surface area contributed by atoms with Gasteiger partial charge in [0.05, 0.1) is 18.4 Å². The Kier molecular flexibility index (Phi) is 7.05. The normalized spacial score (nSPS) is 14.8. The first kappa shape index (κ1) is 21.4. The summed E-state index contributed by atoms with van der Waals surface area (Å²) < 4.78 is 1.68. The van der Waals surface area contributed by atoms with E-state index in [1.807, 2.05) is 55.4 Å². The fourth-order valence-electron chi connectivity index (χ4n) is 3.45. The maximum atomic E-state index is 12.7. The van der Waals surface area contributed by atoms with Crippen LogP contribution in [0.2, 0.25) is 0 Å². The smallest absolute Gasteiger partial charge is 0.246 e. The Hall–Kier alpha value is -3.36. The van der Waals surface area contributed by atoms with Gasteiger partial charge in [-0.2, -0.15) is 5.10 Å². The van der Waals surface area contributed by atoms with Crippen molar-refractivity contribution in [1.82, 2.24) is 24.9 Å². The zero-order chi connectivity index (χ0) is 21.5. The number of carbonyl (C=O) groups excluding carboxylic acids is 2. The van der Waals surface area contributed by atoms with Gasteiger partial charge in [-0.15, -0.1) is 0 Å². The maximum Gasteiger partial charge on any atom is 0.246 e. The lowest BCUT2D eigenvalue weighted by Crippen LogP contribution is -2.56. The van der Waals surface area contributed by atoms with Crippen LogP contribution < -0.4 is 10.2 Å². The van der Waals surface area contributed by atoms with Gasteiger partial charge in [-0.3, -0.25) is 19.3 Å². The summed E-state index contributed by atoms with van der Waals surface area (Å²) in [6, 6.07) is 9.92. The lowest BCUT2D eigenvalue weighted by Gasteiger charge is -2.35. The minimum absolute atomic E-state index is 0.0113. The van der Waals surface area contributed by atoms with Gasteiger partial charge in [-0.25, -0.2) is 0 Å². The number of guanidine groups is 1. The number of hydrogen-bond acceptors (Lipinski definition) is 4. The van der Waals surface area contributed by atoms with Crippen LogP contribution in [0.4, 0.5) is 5.69 Å². The van der Waals surface area contributed by atoms with Crippen LogP contribution in [0, 0.1) is 0 Å². The number of nitrogens with zero attached hydrogens (tertiary/aromatic N) is 6. The molecule has 3 rings (SSSR count). The molecule has 0 bridgehead atoms. The summed E-state index contributed by atoms with van der Waals surface area (Å²) in [6.07, 6.45) is 3.51. The first-order valence-electron chi connectivity index (χ1n) is 10.1. The highest BCUT2D eigenvalue weighted by atomic mass is 16.2. The summed E-state index contributed by atoms with van der Waals surface area (Å²) in [5.74, 6) is 0.518.